The van der Waals surface area contributed by atoms with Crippen molar-refractivity contribution in [1.29, 1.82) is 0 Å². The Morgan fingerprint density at radius 2 is 1.89 bits per heavy atom. The third kappa shape index (κ3) is 6.81. The number of aliphatic imine (C=N–C) groups is 1. The Morgan fingerprint density at radius 3 is 2.47 bits per heavy atom. The summed E-state index contributed by atoms with van der Waals surface area (Å²) in [5.41, 5.74) is 0. The van der Waals surface area contributed by atoms with Gasteiger partial charge >= 0.3 is 0 Å². The zero-order chi connectivity index (χ0) is 14.1. The summed E-state index contributed by atoms with van der Waals surface area (Å²) in [4.78, 5) is 6.75. The van der Waals surface area contributed by atoms with Crippen LogP contribution < -0.4 is 10.6 Å². The molecule has 0 atom stereocenters. The lowest BCUT2D eigenvalue weighted by Crippen LogP contribution is -2.44. The number of guanidine groups is 1. The minimum atomic E-state index is 0.642. The van der Waals surface area contributed by atoms with E-state index < -0.39 is 0 Å². The Balaban J connectivity index is 2.16. The summed E-state index contributed by atoms with van der Waals surface area (Å²) in [6.45, 7) is 7.43. The van der Waals surface area contributed by atoms with Crippen molar-refractivity contribution in [2.75, 3.05) is 33.7 Å². The highest BCUT2D eigenvalue weighted by molar-refractivity contribution is 5.79. The summed E-state index contributed by atoms with van der Waals surface area (Å²) in [5.74, 6) is 1.56. The Kier molecular flexibility index (Phi) is 7.87. The van der Waals surface area contributed by atoms with E-state index in [0.717, 1.165) is 31.6 Å². The molecule has 4 heteroatoms. The van der Waals surface area contributed by atoms with Gasteiger partial charge < -0.3 is 15.5 Å². The molecule has 0 aromatic carbocycles. The Bertz CT molecular complexity index is 257. The molecule has 0 amide bonds. The molecule has 1 aliphatic rings. The number of nitrogens with zero attached hydrogens (tertiary/aromatic N) is 2. The van der Waals surface area contributed by atoms with Crippen molar-refractivity contribution in [1.82, 2.24) is 15.5 Å². The van der Waals surface area contributed by atoms with E-state index in [9.17, 15) is 0 Å². The standard InChI is InChI=1S/C15H32N4/c1-13(2)12-18-15(16-3)17-10-11-19(4)14-8-6-5-7-9-14/h13-14H,5-12H2,1-4H3,(H2,16,17,18). The van der Waals surface area contributed by atoms with Crippen LogP contribution in [0.25, 0.3) is 0 Å². The predicted molar refractivity (Wildman–Crippen MR) is 83.7 cm³/mol. The number of likely N-dealkylation sites (N-methyl/N-ethyl adjacent to an activating group) is 1. The Labute approximate surface area is 119 Å². The van der Waals surface area contributed by atoms with Crippen LogP contribution in [-0.4, -0.2) is 50.6 Å². The fraction of sp³-hybridized carbons (Fsp3) is 0.933. The SMILES string of the molecule is CN=C(NCCN(C)C1CCCCC1)NCC(C)C. The van der Waals surface area contributed by atoms with E-state index in [1.807, 2.05) is 7.05 Å². The van der Waals surface area contributed by atoms with Gasteiger partial charge in [0.2, 0.25) is 0 Å². The van der Waals surface area contributed by atoms with E-state index in [0.29, 0.717) is 5.92 Å². The molecule has 0 saturated heterocycles. The average Bonchev–Trinajstić information content (AvgIpc) is 2.43. The first kappa shape index (κ1) is 16.3. The van der Waals surface area contributed by atoms with Crippen molar-refractivity contribution in [3.05, 3.63) is 0 Å². The van der Waals surface area contributed by atoms with Gasteiger partial charge in [-0.1, -0.05) is 33.1 Å². The summed E-state index contributed by atoms with van der Waals surface area (Å²) >= 11 is 0. The third-order valence-electron chi connectivity index (χ3n) is 3.86. The molecule has 0 heterocycles. The topological polar surface area (TPSA) is 39.7 Å². The molecule has 0 aromatic heterocycles. The second-order valence-corrected chi connectivity index (χ2v) is 6.05. The van der Waals surface area contributed by atoms with Crippen molar-refractivity contribution in [3.8, 4) is 0 Å². The van der Waals surface area contributed by atoms with Crippen LogP contribution in [0.3, 0.4) is 0 Å². The van der Waals surface area contributed by atoms with Crippen molar-refractivity contribution < 1.29 is 0 Å². The molecule has 0 unspecified atom stereocenters. The van der Waals surface area contributed by atoms with Crippen LogP contribution in [0.5, 0.6) is 0 Å². The van der Waals surface area contributed by atoms with Gasteiger partial charge in [-0.3, -0.25) is 4.99 Å². The zero-order valence-corrected chi connectivity index (χ0v) is 13.2. The van der Waals surface area contributed by atoms with Gasteiger partial charge in [0.05, 0.1) is 0 Å². The maximum atomic E-state index is 4.25. The summed E-state index contributed by atoms with van der Waals surface area (Å²) in [6.07, 6.45) is 6.97. The summed E-state index contributed by atoms with van der Waals surface area (Å²) in [5, 5.41) is 6.73. The van der Waals surface area contributed by atoms with Crippen molar-refractivity contribution >= 4 is 5.96 Å². The summed E-state index contributed by atoms with van der Waals surface area (Å²) in [7, 11) is 4.09. The third-order valence-corrected chi connectivity index (χ3v) is 3.86. The van der Waals surface area contributed by atoms with E-state index in [2.05, 4.69) is 41.4 Å². The molecule has 2 N–H and O–H groups in total. The van der Waals surface area contributed by atoms with E-state index in [4.69, 9.17) is 0 Å². The number of hydrogen-bond acceptors (Lipinski definition) is 2. The molecule has 1 aliphatic carbocycles. The highest BCUT2D eigenvalue weighted by Gasteiger charge is 2.17. The van der Waals surface area contributed by atoms with E-state index in [1.54, 1.807) is 0 Å². The first-order valence-corrected chi connectivity index (χ1v) is 7.78. The van der Waals surface area contributed by atoms with Crippen LogP contribution in [0, 0.1) is 5.92 Å². The Morgan fingerprint density at radius 1 is 1.21 bits per heavy atom. The predicted octanol–water partition coefficient (Wildman–Crippen LogP) is 2.07. The number of nitrogens with one attached hydrogen (secondary N) is 2. The van der Waals surface area contributed by atoms with Gasteiger partial charge in [-0.15, -0.1) is 0 Å². The normalized spacial score (nSPS) is 18.1. The summed E-state index contributed by atoms with van der Waals surface area (Å²) < 4.78 is 0. The smallest absolute Gasteiger partial charge is 0.191 e. The first-order chi connectivity index (χ1) is 9.13. The lowest BCUT2D eigenvalue weighted by molar-refractivity contribution is 0.194. The van der Waals surface area contributed by atoms with Gasteiger partial charge in [-0.05, 0) is 25.8 Å². The van der Waals surface area contributed by atoms with E-state index in [1.165, 1.54) is 32.1 Å². The molecule has 1 rings (SSSR count). The monoisotopic (exact) mass is 268 g/mol. The van der Waals surface area contributed by atoms with Crippen LogP contribution in [0.2, 0.25) is 0 Å². The molecule has 19 heavy (non-hydrogen) atoms. The maximum Gasteiger partial charge on any atom is 0.191 e. The first-order valence-electron chi connectivity index (χ1n) is 7.78. The van der Waals surface area contributed by atoms with Gasteiger partial charge in [-0.2, -0.15) is 0 Å². The fourth-order valence-electron chi connectivity index (χ4n) is 2.58. The molecule has 1 fully saturated rings. The van der Waals surface area contributed by atoms with Crippen LogP contribution in [-0.2, 0) is 0 Å². The van der Waals surface area contributed by atoms with Crippen LogP contribution >= 0.6 is 0 Å². The molecule has 0 radical (unpaired) electrons. The van der Waals surface area contributed by atoms with Gasteiger partial charge in [0.15, 0.2) is 5.96 Å². The van der Waals surface area contributed by atoms with Crippen molar-refractivity contribution in [2.45, 2.75) is 52.0 Å². The van der Waals surface area contributed by atoms with Crippen molar-refractivity contribution in [2.24, 2.45) is 10.9 Å². The fourth-order valence-corrected chi connectivity index (χ4v) is 2.58. The van der Waals surface area contributed by atoms with Gasteiger partial charge in [0.1, 0.15) is 0 Å². The van der Waals surface area contributed by atoms with Crippen LogP contribution in [0.4, 0.5) is 0 Å². The quantitative estimate of drug-likeness (QED) is 0.572. The largest absolute Gasteiger partial charge is 0.356 e. The Hall–Kier alpha value is -0.770. The van der Waals surface area contributed by atoms with Crippen LogP contribution in [0.15, 0.2) is 4.99 Å². The molecule has 0 spiro atoms. The zero-order valence-electron chi connectivity index (χ0n) is 13.2. The molecular formula is C15H32N4. The summed E-state index contributed by atoms with van der Waals surface area (Å²) in [6, 6.07) is 0.793. The molecule has 0 aromatic rings. The number of rotatable bonds is 6. The highest BCUT2D eigenvalue weighted by atomic mass is 15.2. The second-order valence-electron chi connectivity index (χ2n) is 6.05. The second kappa shape index (κ2) is 9.18. The molecule has 112 valence electrons. The minimum absolute atomic E-state index is 0.642. The average molecular weight is 268 g/mol. The lowest BCUT2D eigenvalue weighted by atomic mass is 9.94. The van der Waals surface area contributed by atoms with Crippen molar-refractivity contribution in [3.63, 3.8) is 0 Å². The van der Waals surface area contributed by atoms with Gasteiger partial charge in [0.25, 0.3) is 0 Å². The number of hydrogen-bond donors (Lipinski definition) is 2. The van der Waals surface area contributed by atoms with Crippen LogP contribution in [0.1, 0.15) is 46.0 Å². The molecule has 0 aliphatic heterocycles. The van der Waals surface area contributed by atoms with Gasteiger partial charge in [0, 0.05) is 32.7 Å². The lowest BCUT2D eigenvalue weighted by Gasteiger charge is -2.31. The maximum absolute atomic E-state index is 4.25. The van der Waals surface area contributed by atoms with E-state index in [-0.39, 0.29) is 0 Å². The molecular weight excluding hydrogens is 236 g/mol. The highest BCUT2D eigenvalue weighted by Crippen LogP contribution is 2.21. The van der Waals surface area contributed by atoms with Gasteiger partial charge in [-0.25, -0.2) is 0 Å². The molecule has 4 nitrogen and oxygen atoms in total. The van der Waals surface area contributed by atoms with E-state index >= 15 is 0 Å². The molecule has 0 bridgehead atoms. The minimum Gasteiger partial charge on any atom is -0.356 e. The molecule has 1 saturated carbocycles.